The van der Waals surface area contributed by atoms with Crippen molar-refractivity contribution in [3.8, 4) is 6.07 Å². The number of hydrogen-bond donors (Lipinski definition) is 2. The number of nitriles is 1. The third-order valence-electron chi connectivity index (χ3n) is 7.59. The van der Waals surface area contributed by atoms with Crippen molar-refractivity contribution in [2.45, 2.75) is 48.8 Å². The Labute approximate surface area is 193 Å². The van der Waals surface area contributed by atoms with Crippen molar-refractivity contribution in [1.29, 1.82) is 5.26 Å². The molecule has 2 aliphatic carbocycles. The van der Waals surface area contributed by atoms with Crippen molar-refractivity contribution in [3.05, 3.63) is 29.8 Å². The summed E-state index contributed by atoms with van der Waals surface area (Å²) in [6.45, 7) is 5.90. The summed E-state index contributed by atoms with van der Waals surface area (Å²) in [5.41, 5.74) is 2.31. The maximum atomic E-state index is 13.3. The Bertz CT molecular complexity index is 943. The Morgan fingerprint density at radius 3 is 2.78 bits per heavy atom. The predicted molar refractivity (Wildman–Crippen MR) is 123 cm³/mol. The molecule has 7 atom stereocenters. The number of likely N-dealkylation sites (tertiary alicyclic amines) is 1. The fourth-order valence-corrected chi connectivity index (χ4v) is 7.85. The van der Waals surface area contributed by atoms with Gasteiger partial charge in [0.15, 0.2) is 0 Å². The van der Waals surface area contributed by atoms with Gasteiger partial charge in [-0.3, -0.25) is 9.59 Å². The van der Waals surface area contributed by atoms with Crippen LogP contribution in [0.3, 0.4) is 0 Å². The highest BCUT2D eigenvalue weighted by atomic mass is 32.2. The molecule has 2 N–H and O–H groups in total. The molecule has 2 aliphatic heterocycles. The van der Waals surface area contributed by atoms with Gasteiger partial charge in [-0.1, -0.05) is 12.1 Å². The Morgan fingerprint density at radius 1 is 1.31 bits per heavy atom. The van der Waals surface area contributed by atoms with Gasteiger partial charge >= 0.3 is 5.97 Å². The molecule has 1 aromatic rings. The molecule has 7 nitrogen and oxygen atoms in total. The SMILES string of the molecule is CCN1C(=O)C2C(Nc3cccc(CCN4CCCC4)c3)C2SC2C(C(=O)O)C(C#N)C21. The van der Waals surface area contributed by atoms with Crippen molar-refractivity contribution in [3.63, 3.8) is 0 Å². The van der Waals surface area contributed by atoms with Crippen LogP contribution in [-0.2, 0) is 16.0 Å². The van der Waals surface area contributed by atoms with Crippen LogP contribution in [0.25, 0.3) is 0 Å². The van der Waals surface area contributed by atoms with E-state index in [0.717, 1.165) is 18.7 Å². The molecule has 1 amide bonds. The molecule has 1 aromatic carbocycles. The number of carbonyl (C=O) groups is 2. The Kier molecular flexibility index (Phi) is 5.81. The highest BCUT2D eigenvalue weighted by Crippen LogP contribution is 2.58. The molecular weight excluding hydrogens is 424 g/mol. The Hall–Kier alpha value is -2.24. The summed E-state index contributed by atoms with van der Waals surface area (Å²) >= 11 is 1.60. The minimum absolute atomic E-state index is 0.00640. The molecule has 4 aliphatic rings. The van der Waals surface area contributed by atoms with Gasteiger partial charge in [0.2, 0.25) is 5.91 Å². The molecule has 0 radical (unpaired) electrons. The lowest BCUT2D eigenvalue weighted by molar-refractivity contribution is -0.153. The maximum absolute atomic E-state index is 13.3. The quantitative estimate of drug-likeness (QED) is 0.652. The number of rotatable bonds is 7. The van der Waals surface area contributed by atoms with Gasteiger partial charge in [-0.25, -0.2) is 0 Å². The van der Waals surface area contributed by atoms with Crippen molar-refractivity contribution in [2.24, 2.45) is 17.8 Å². The molecule has 7 unspecified atom stereocenters. The molecule has 0 bridgehead atoms. The molecule has 8 heteroatoms. The summed E-state index contributed by atoms with van der Waals surface area (Å²) in [4.78, 5) is 29.3. The number of amides is 1. The molecule has 0 spiro atoms. The second-order valence-corrected chi connectivity index (χ2v) is 10.8. The summed E-state index contributed by atoms with van der Waals surface area (Å²) in [6, 6.07) is 10.3. The minimum Gasteiger partial charge on any atom is -0.481 e. The molecule has 2 heterocycles. The van der Waals surface area contributed by atoms with Gasteiger partial charge in [0.05, 0.1) is 35.9 Å². The number of carbonyl (C=O) groups excluding carboxylic acids is 1. The third kappa shape index (κ3) is 3.65. The lowest BCUT2D eigenvalue weighted by Crippen LogP contribution is -2.64. The Morgan fingerprint density at radius 2 is 2.09 bits per heavy atom. The second-order valence-electron chi connectivity index (χ2n) is 9.39. The summed E-state index contributed by atoms with van der Waals surface area (Å²) in [6.07, 6.45) is 3.61. The van der Waals surface area contributed by atoms with Crippen LogP contribution in [0.4, 0.5) is 5.69 Å². The number of aliphatic carboxylic acids is 1. The van der Waals surface area contributed by atoms with Gasteiger partial charge in [-0.2, -0.15) is 5.26 Å². The first-order chi connectivity index (χ1) is 15.5. The van der Waals surface area contributed by atoms with Crippen molar-refractivity contribution >= 4 is 29.3 Å². The second kappa shape index (κ2) is 8.60. The number of benzene rings is 1. The normalized spacial score (nSPS) is 35.8. The zero-order valence-corrected chi connectivity index (χ0v) is 19.1. The number of nitrogens with zero attached hydrogens (tertiary/aromatic N) is 3. The number of anilines is 1. The van der Waals surface area contributed by atoms with Gasteiger partial charge in [-0.15, -0.1) is 11.8 Å². The molecule has 32 heavy (non-hydrogen) atoms. The van der Waals surface area contributed by atoms with Gasteiger partial charge in [0.1, 0.15) is 0 Å². The van der Waals surface area contributed by atoms with E-state index in [0.29, 0.717) is 6.54 Å². The predicted octanol–water partition coefficient (Wildman–Crippen LogP) is 2.29. The largest absolute Gasteiger partial charge is 0.481 e. The number of thioether (sulfide) groups is 1. The van der Waals surface area contributed by atoms with Crippen LogP contribution >= 0.6 is 11.8 Å². The van der Waals surface area contributed by atoms with E-state index in [9.17, 15) is 20.0 Å². The van der Waals surface area contributed by atoms with E-state index in [1.165, 1.54) is 31.5 Å². The number of carboxylic acids is 1. The van der Waals surface area contributed by atoms with Crippen LogP contribution in [0.15, 0.2) is 24.3 Å². The first-order valence-electron chi connectivity index (χ1n) is 11.7. The monoisotopic (exact) mass is 454 g/mol. The molecule has 5 rings (SSSR count). The zero-order valence-electron chi connectivity index (χ0n) is 18.3. The summed E-state index contributed by atoms with van der Waals surface area (Å²) in [7, 11) is 0. The van der Waals surface area contributed by atoms with E-state index in [1.54, 1.807) is 16.7 Å². The number of hydrogen-bond acceptors (Lipinski definition) is 6. The van der Waals surface area contributed by atoms with E-state index in [2.05, 4.69) is 34.5 Å². The molecule has 170 valence electrons. The van der Waals surface area contributed by atoms with E-state index in [-0.39, 0.29) is 34.4 Å². The molecule has 0 aromatic heterocycles. The Balaban J connectivity index is 1.27. The van der Waals surface area contributed by atoms with Crippen LogP contribution in [0.5, 0.6) is 0 Å². The highest BCUT2D eigenvalue weighted by molar-refractivity contribution is 8.01. The van der Waals surface area contributed by atoms with Crippen LogP contribution in [0.2, 0.25) is 0 Å². The van der Waals surface area contributed by atoms with Crippen LogP contribution in [-0.4, -0.2) is 75.5 Å². The van der Waals surface area contributed by atoms with Gasteiger partial charge in [0.25, 0.3) is 0 Å². The van der Waals surface area contributed by atoms with E-state index >= 15 is 0 Å². The van der Waals surface area contributed by atoms with Crippen molar-refractivity contribution in [1.82, 2.24) is 9.80 Å². The van der Waals surface area contributed by atoms with Crippen LogP contribution in [0.1, 0.15) is 25.3 Å². The number of nitrogens with one attached hydrogen (secondary N) is 1. The topological polar surface area (TPSA) is 96.7 Å². The molecule has 2 saturated carbocycles. The smallest absolute Gasteiger partial charge is 0.309 e. The van der Waals surface area contributed by atoms with Gasteiger partial charge in [-0.05, 0) is 57.0 Å². The zero-order chi connectivity index (χ0) is 22.4. The highest BCUT2D eigenvalue weighted by Gasteiger charge is 2.68. The summed E-state index contributed by atoms with van der Waals surface area (Å²) < 4.78 is 0. The first kappa shape index (κ1) is 21.6. The van der Waals surface area contributed by atoms with Gasteiger partial charge in [0, 0.05) is 29.3 Å². The van der Waals surface area contributed by atoms with E-state index in [4.69, 9.17) is 0 Å². The van der Waals surface area contributed by atoms with E-state index < -0.39 is 17.8 Å². The molecular formula is C24H30N4O3S. The number of fused-ring (bicyclic) bond motifs is 2. The average molecular weight is 455 g/mol. The summed E-state index contributed by atoms with van der Waals surface area (Å²) in [5, 5.41) is 22.6. The lowest BCUT2D eigenvalue weighted by atomic mass is 9.68. The molecule has 2 saturated heterocycles. The summed E-state index contributed by atoms with van der Waals surface area (Å²) in [5.74, 6) is -2.35. The standard InChI is InChI=1S/C24H30N4O3S/c1-2-28-20-16(13-25)17(24(30)31)22(20)32-21-18(23(28)29)19(21)26-15-7-5-6-14(12-15)8-11-27-9-3-4-10-27/h5-7,12,16-22,26H,2-4,8-11H2,1H3,(H,30,31). The van der Waals surface area contributed by atoms with Gasteiger partial charge < -0.3 is 20.2 Å². The number of carboxylic acid groups (broad SMARTS) is 1. The fourth-order valence-electron chi connectivity index (χ4n) is 5.78. The van der Waals surface area contributed by atoms with E-state index in [1.807, 2.05) is 13.0 Å². The molecule has 4 fully saturated rings. The fraction of sp³-hybridized carbons (Fsp3) is 0.625. The van der Waals surface area contributed by atoms with Crippen LogP contribution < -0.4 is 5.32 Å². The third-order valence-corrected chi connectivity index (χ3v) is 9.38. The van der Waals surface area contributed by atoms with Crippen molar-refractivity contribution < 1.29 is 14.7 Å². The average Bonchev–Trinajstić information content (AvgIpc) is 3.19. The first-order valence-corrected chi connectivity index (χ1v) is 12.6. The maximum Gasteiger partial charge on any atom is 0.309 e. The van der Waals surface area contributed by atoms with Crippen molar-refractivity contribution in [2.75, 3.05) is 31.5 Å². The minimum atomic E-state index is -0.928. The van der Waals surface area contributed by atoms with Crippen LogP contribution in [0, 0.1) is 29.1 Å². The lowest BCUT2D eigenvalue weighted by Gasteiger charge is -2.50.